The first-order chi connectivity index (χ1) is 5.84. The molecule has 1 rings (SSSR count). The highest BCUT2D eigenvalue weighted by atomic mass is 17.2. The second-order valence-corrected chi connectivity index (χ2v) is 2.14. The molecule has 0 aliphatic carbocycles. The molecule has 5 heteroatoms. The summed E-state index contributed by atoms with van der Waals surface area (Å²) in [6.07, 6.45) is 3.15. The van der Waals surface area contributed by atoms with E-state index in [2.05, 4.69) is 14.7 Å². The van der Waals surface area contributed by atoms with Gasteiger partial charge in [-0.05, 0) is 24.5 Å². The topological polar surface area (TPSA) is 51.6 Å². The van der Waals surface area contributed by atoms with E-state index in [0.717, 1.165) is 0 Å². The van der Waals surface area contributed by atoms with Crippen molar-refractivity contribution in [2.75, 3.05) is 6.61 Å². The molecule has 1 N–H and O–H groups in total. The highest BCUT2D eigenvalue weighted by Crippen LogP contribution is 1.86. The SMILES string of the molecule is CCOOB(O)c1ccncc1. The van der Waals surface area contributed by atoms with E-state index in [1.807, 2.05) is 0 Å². The van der Waals surface area contributed by atoms with Gasteiger partial charge in [0.15, 0.2) is 0 Å². The van der Waals surface area contributed by atoms with Crippen molar-refractivity contribution in [1.29, 1.82) is 0 Å². The van der Waals surface area contributed by atoms with Crippen molar-refractivity contribution < 1.29 is 14.7 Å². The summed E-state index contributed by atoms with van der Waals surface area (Å²) in [5, 5.41) is 9.28. The molecular formula is C7H10BNO3. The summed E-state index contributed by atoms with van der Waals surface area (Å²) in [6.45, 7) is 2.18. The van der Waals surface area contributed by atoms with Crippen molar-refractivity contribution in [2.24, 2.45) is 0 Å². The maximum Gasteiger partial charge on any atom is 0.523 e. The summed E-state index contributed by atoms with van der Waals surface area (Å²) in [4.78, 5) is 13.0. The van der Waals surface area contributed by atoms with Gasteiger partial charge in [0.1, 0.15) is 0 Å². The Morgan fingerprint density at radius 1 is 1.50 bits per heavy atom. The van der Waals surface area contributed by atoms with Gasteiger partial charge in [-0.2, -0.15) is 0 Å². The third kappa shape index (κ3) is 2.62. The van der Waals surface area contributed by atoms with Crippen molar-refractivity contribution in [3.63, 3.8) is 0 Å². The highest BCUT2D eigenvalue weighted by Gasteiger charge is 2.16. The molecule has 1 aromatic heterocycles. The Labute approximate surface area is 71.2 Å². The van der Waals surface area contributed by atoms with E-state index in [1.165, 1.54) is 0 Å². The van der Waals surface area contributed by atoms with Crippen LogP contribution in [0.5, 0.6) is 0 Å². The summed E-state index contributed by atoms with van der Waals surface area (Å²) in [5.41, 5.74) is 0.624. The van der Waals surface area contributed by atoms with Crippen molar-refractivity contribution in [1.82, 2.24) is 4.98 Å². The van der Waals surface area contributed by atoms with Crippen LogP contribution < -0.4 is 5.46 Å². The maximum absolute atomic E-state index is 9.28. The molecule has 0 amide bonds. The van der Waals surface area contributed by atoms with E-state index in [4.69, 9.17) is 0 Å². The predicted molar refractivity (Wildman–Crippen MR) is 44.6 cm³/mol. The summed E-state index contributed by atoms with van der Waals surface area (Å²) in [7, 11) is -1.03. The molecule has 0 spiro atoms. The Balaban J connectivity index is 2.48. The lowest BCUT2D eigenvalue weighted by Crippen LogP contribution is -2.33. The molecule has 0 saturated carbocycles. The Morgan fingerprint density at radius 2 is 2.17 bits per heavy atom. The minimum absolute atomic E-state index is 0.405. The standard InChI is InChI=1S/C7H10BNO3/c1-2-11-12-8(10)7-3-5-9-6-4-7/h3-6,10H,2H2,1H3. The van der Waals surface area contributed by atoms with Crippen LogP contribution in [0.2, 0.25) is 0 Å². The van der Waals surface area contributed by atoms with Crippen LogP contribution >= 0.6 is 0 Å². The van der Waals surface area contributed by atoms with Crippen LogP contribution in [0.15, 0.2) is 24.5 Å². The zero-order chi connectivity index (χ0) is 8.81. The van der Waals surface area contributed by atoms with Gasteiger partial charge in [-0.15, -0.1) is 0 Å². The number of aromatic nitrogens is 1. The van der Waals surface area contributed by atoms with Crippen molar-refractivity contribution in [3.8, 4) is 0 Å². The molecule has 0 aliphatic rings. The van der Waals surface area contributed by atoms with Gasteiger partial charge in [-0.3, -0.25) is 9.79 Å². The average molecular weight is 167 g/mol. The number of pyridine rings is 1. The Morgan fingerprint density at radius 3 is 2.75 bits per heavy atom. The summed E-state index contributed by atoms with van der Waals surface area (Å²) in [5.74, 6) is 0. The molecule has 0 saturated heterocycles. The zero-order valence-electron chi connectivity index (χ0n) is 6.80. The Hall–Kier alpha value is -0.905. The fourth-order valence-corrected chi connectivity index (χ4v) is 0.716. The molecule has 64 valence electrons. The van der Waals surface area contributed by atoms with E-state index < -0.39 is 7.12 Å². The maximum atomic E-state index is 9.28. The zero-order valence-corrected chi connectivity index (χ0v) is 6.80. The van der Waals surface area contributed by atoms with E-state index in [1.54, 1.807) is 31.5 Å². The molecule has 0 bridgehead atoms. The van der Waals surface area contributed by atoms with Crippen molar-refractivity contribution in [2.45, 2.75) is 6.92 Å². The van der Waals surface area contributed by atoms with Crippen molar-refractivity contribution in [3.05, 3.63) is 24.5 Å². The monoisotopic (exact) mass is 167 g/mol. The highest BCUT2D eigenvalue weighted by molar-refractivity contribution is 6.59. The normalized spacial score (nSPS) is 9.83. The predicted octanol–water partition coefficient (Wildman–Crippen LogP) is -0.263. The van der Waals surface area contributed by atoms with Crippen LogP contribution in [0.4, 0.5) is 0 Å². The summed E-state index contributed by atoms with van der Waals surface area (Å²) >= 11 is 0. The van der Waals surface area contributed by atoms with Gasteiger partial charge in [0.05, 0.1) is 6.61 Å². The van der Waals surface area contributed by atoms with E-state index in [9.17, 15) is 5.02 Å². The lowest BCUT2D eigenvalue weighted by atomic mass is 9.81. The van der Waals surface area contributed by atoms with Crippen LogP contribution in [-0.4, -0.2) is 23.7 Å². The van der Waals surface area contributed by atoms with Gasteiger partial charge in [0.25, 0.3) is 0 Å². The number of nitrogens with zero attached hydrogens (tertiary/aromatic N) is 1. The van der Waals surface area contributed by atoms with Crippen LogP contribution in [0, 0.1) is 0 Å². The minimum Gasteiger partial charge on any atom is -0.422 e. The molecule has 12 heavy (non-hydrogen) atoms. The van der Waals surface area contributed by atoms with Crippen LogP contribution in [0.3, 0.4) is 0 Å². The lowest BCUT2D eigenvalue weighted by Gasteiger charge is -2.04. The molecule has 0 aromatic carbocycles. The second-order valence-electron chi connectivity index (χ2n) is 2.14. The fourth-order valence-electron chi connectivity index (χ4n) is 0.716. The summed E-state index contributed by atoms with van der Waals surface area (Å²) < 4.78 is 0. The Bertz CT molecular complexity index is 219. The van der Waals surface area contributed by atoms with Crippen LogP contribution in [-0.2, 0) is 9.69 Å². The molecule has 0 unspecified atom stereocenters. The van der Waals surface area contributed by atoms with Gasteiger partial charge in [-0.1, -0.05) is 0 Å². The van der Waals surface area contributed by atoms with Crippen LogP contribution in [0.1, 0.15) is 6.92 Å². The molecule has 1 heterocycles. The second kappa shape index (κ2) is 4.87. The van der Waals surface area contributed by atoms with Gasteiger partial charge in [-0.25, -0.2) is 4.89 Å². The lowest BCUT2D eigenvalue weighted by molar-refractivity contribution is -0.216. The molecular weight excluding hydrogens is 157 g/mol. The number of rotatable bonds is 4. The molecule has 4 nitrogen and oxygen atoms in total. The van der Waals surface area contributed by atoms with Gasteiger partial charge in [0.2, 0.25) is 0 Å². The smallest absolute Gasteiger partial charge is 0.422 e. The van der Waals surface area contributed by atoms with Crippen LogP contribution in [0.25, 0.3) is 0 Å². The number of hydrogen-bond acceptors (Lipinski definition) is 4. The van der Waals surface area contributed by atoms with E-state index in [-0.39, 0.29) is 0 Å². The quantitative estimate of drug-likeness (QED) is 0.381. The molecule has 0 aliphatic heterocycles. The first-order valence-corrected chi connectivity index (χ1v) is 3.71. The molecule has 1 aromatic rings. The molecule has 0 atom stereocenters. The third-order valence-corrected chi connectivity index (χ3v) is 1.27. The first kappa shape index (κ1) is 9.19. The van der Waals surface area contributed by atoms with E-state index >= 15 is 0 Å². The van der Waals surface area contributed by atoms with Gasteiger partial charge < -0.3 is 5.02 Å². The first-order valence-electron chi connectivity index (χ1n) is 3.71. The summed E-state index contributed by atoms with van der Waals surface area (Å²) in [6, 6.07) is 3.31. The van der Waals surface area contributed by atoms with E-state index in [0.29, 0.717) is 12.1 Å². The van der Waals surface area contributed by atoms with Gasteiger partial charge >= 0.3 is 7.12 Å². The Kier molecular flexibility index (Phi) is 3.73. The largest absolute Gasteiger partial charge is 0.523 e. The fraction of sp³-hybridized carbons (Fsp3) is 0.286. The third-order valence-electron chi connectivity index (χ3n) is 1.27. The minimum atomic E-state index is -1.03. The van der Waals surface area contributed by atoms with Crippen molar-refractivity contribution >= 4 is 12.6 Å². The average Bonchev–Trinajstić information content (AvgIpc) is 2.15. The van der Waals surface area contributed by atoms with Gasteiger partial charge in [0, 0.05) is 12.4 Å². The number of hydrogen-bond donors (Lipinski definition) is 1. The molecule has 0 fully saturated rings. The molecule has 0 radical (unpaired) electrons.